The summed E-state index contributed by atoms with van der Waals surface area (Å²) in [6.07, 6.45) is 11.2. The van der Waals surface area contributed by atoms with Gasteiger partial charge in [0.05, 0.1) is 0 Å². The van der Waals surface area contributed by atoms with Crippen LogP contribution in [-0.2, 0) is 24.1 Å². The van der Waals surface area contributed by atoms with Crippen molar-refractivity contribution in [2.75, 3.05) is 18.4 Å². The second kappa shape index (κ2) is 10.8. The van der Waals surface area contributed by atoms with Gasteiger partial charge in [-0.25, -0.2) is 0 Å². The van der Waals surface area contributed by atoms with Gasteiger partial charge in [0.1, 0.15) is 5.75 Å². The second-order valence-corrected chi connectivity index (χ2v) is 8.05. The Morgan fingerprint density at radius 2 is 2.03 bits per heavy atom. The number of phenols is 1. The maximum absolute atomic E-state index is 11.8. The van der Waals surface area contributed by atoms with Gasteiger partial charge in [-0.2, -0.15) is 0 Å². The molecule has 30 heavy (non-hydrogen) atoms. The molecule has 2 aromatic rings. The highest BCUT2D eigenvalue weighted by atomic mass is 16.3. The Morgan fingerprint density at radius 1 is 1.23 bits per heavy atom. The third-order valence-electron chi connectivity index (χ3n) is 5.88. The van der Waals surface area contributed by atoms with E-state index >= 15 is 0 Å². The molecule has 1 aliphatic carbocycles. The highest BCUT2D eigenvalue weighted by Crippen LogP contribution is 2.30. The fourth-order valence-electron chi connectivity index (χ4n) is 4.28. The first-order valence-corrected chi connectivity index (χ1v) is 11.0. The summed E-state index contributed by atoms with van der Waals surface area (Å²) in [5.74, 6) is 2.89. The highest BCUT2D eigenvalue weighted by molar-refractivity contribution is 5.90. The third-order valence-corrected chi connectivity index (χ3v) is 5.88. The van der Waals surface area contributed by atoms with Gasteiger partial charge in [-0.05, 0) is 73.5 Å². The second-order valence-electron chi connectivity index (χ2n) is 8.05. The Bertz CT molecular complexity index is 883. The molecular weight excluding hydrogens is 372 g/mol. The van der Waals surface area contributed by atoms with E-state index in [-0.39, 0.29) is 5.91 Å². The number of phenolic OH excluding ortho intramolecular Hbond substituents is 1. The Labute approximate surface area is 180 Å². The number of anilines is 1. The minimum Gasteiger partial charge on any atom is -0.508 e. The predicted octanol–water partition coefficient (Wildman–Crippen LogP) is 4.56. The molecule has 1 unspecified atom stereocenters. The molecule has 0 bridgehead atoms. The lowest BCUT2D eigenvalue weighted by atomic mass is 9.86. The smallest absolute Gasteiger partial charge is 0.225 e. The van der Waals surface area contributed by atoms with Gasteiger partial charge >= 0.3 is 0 Å². The Kier molecular flexibility index (Phi) is 7.93. The third kappa shape index (κ3) is 5.87. The van der Waals surface area contributed by atoms with E-state index in [2.05, 4.69) is 41.3 Å². The van der Waals surface area contributed by atoms with Gasteiger partial charge in [-0.15, -0.1) is 12.3 Å². The molecule has 1 amide bonds. The van der Waals surface area contributed by atoms with Crippen LogP contribution in [0.1, 0.15) is 49.3 Å². The molecule has 0 aliphatic heterocycles. The number of benzene rings is 2. The van der Waals surface area contributed by atoms with Gasteiger partial charge in [0.15, 0.2) is 0 Å². The van der Waals surface area contributed by atoms with Crippen molar-refractivity contribution in [3.8, 4) is 18.1 Å². The van der Waals surface area contributed by atoms with Crippen molar-refractivity contribution < 1.29 is 9.90 Å². The average Bonchev–Trinajstić information content (AvgIpc) is 2.76. The molecule has 2 N–H and O–H groups in total. The van der Waals surface area contributed by atoms with Crippen molar-refractivity contribution in [3.05, 3.63) is 59.2 Å². The zero-order valence-electron chi connectivity index (χ0n) is 17.9. The largest absolute Gasteiger partial charge is 0.508 e. The van der Waals surface area contributed by atoms with E-state index in [4.69, 9.17) is 6.42 Å². The predicted molar refractivity (Wildman–Crippen MR) is 123 cm³/mol. The van der Waals surface area contributed by atoms with Gasteiger partial charge in [0.25, 0.3) is 0 Å². The minimum atomic E-state index is -0.0431. The number of nitrogens with one attached hydrogen (secondary N) is 1. The van der Waals surface area contributed by atoms with Crippen molar-refractivity contribution in [2.45, 2.75) is 57.9 Å². The fraction of sp³-hybridized carbons (Fsp3) is 0.423. The number of nitrogens with zero attached hydrogens (tertiary/aromatic N) is 1. The zero-order chi connectivity index (χ0) is 21.3. The summed E-state index contributed by atoms with van der Waals surface area (Å²) in [7, 11) is 0. The molecule has 0 aromatic heterocycles. The molecule has 0 saturated carbocycles. The SMILES string of the molecule is C#CCCC(=O)Nc1ccc(CCN(CCC)C2CCc3c(O)cccc3C2)cc1. The monoisotopic (exact) mass is 404 g/mol. The van der Waals surface area contributed by atoms with Crippen molar-refractivity contribution in [2.24, 2.45) is 0 Å². The first-order chi connectivity index (χ1) is 14.6. The van der Waals surface area contributed by atoms with Gasteiger partial charge in [-0.1, -0.05) is 31.2 Å². The number of carbonyl (C=O) groups excluding carboxylic acids is 1. The number of hydrogen-bond donors (Lipinski definition) is 2. The van der Waals surface area contributed by atoms with E-state index in [9.17, 15) is 9.90 Å². The van der Waals surface area contributed by atoms with Crippen LogP contribution >= 0.6 is 0 Å². The van der Waals surface area contributed by atoms with Crippen molar-refractivity contribution >= 4 is 11.6 Å². The normalized spacial score (nSPS) is 15.4. The van der Waals surface area contributed by atoms with E-state index in [0.29, 0.717) is 24.6 Å². The van der Waals surface area contributed by atoms with Crippen LogP contribution in [0.3, 0.4) is 0 Å². The standard InChI is InChI=1S/C26H32N2O2/c1-3-5-9-26(30)27-22-12-10-20(11-13-22)16-18-28(17-4-2)23-14-15-24-21(19-23)7-6-8-25(24)29/h1,6-8,10-13,23,29H,4-5,9,14-19H2,2H3,(H,27,30). The minimum absolute atomic E-state index is 0.0431. The summed E-state index contributed by atoms with van der Waals surface area (Å²) >= 11 is 0. The maximum atomic E-state index is 11.8. The molecule has 0 spiro atoms. The van der Waals surface area contributed by atoms with Crippen molar-refractivity contribution in [1.29, 1.82) is 0 Å². The number of aromatic hydroxyl groups is 1. The average molecular weight is 405 g/mol. The molecule has 0 radical (unpaired) electrons. The van der Waals surface area contributed by atoms with E-state index in [0.717, 1.165) is 56.4 Å². The molecule has 4 nitrogen and oxygen atoms in total. The number of hydrogen-bond acceptors (Lipinski definition) is 3. The van der Waals surface area contributed by atoms with Gasteiger partial charge in [-0.3, -0.25) is 9.69 Å². The van der Waals surface area contributed by atoms with Crippen LogP contribution in [0.4, 0.5) is 5.69 Å². The van der Waals surface area contributed by atoms with E-state index < -0.39 is 0 Å². The fourth-order valence-corrected chi connectivity index (χ4v) is 4.28. The topological polar surface area (TPSA) is 52.6 Å². The summed E-state index contributed by atoms with van der Waals surface area (Å²) < 4.78 is 0. The molecular formula is C26H32N2O2. The summed E-state index contributed by atoms with van der Waals surface area (Å²) in [6.45, 7) is 4.33. The highest BCUT2D eigenvalue weighted by Gasteiger charge is 2.25. The number of rotatable bonds is 9. The zero-order valence-corrected chi connectivity index (χ0v) is 17.9. The Balaban J connectivity index is 1.56. The van der Waals surface area contributed by atoms with Crippen LogP contribution in [0.25, 0.3) is 0 Å². The van der Waals surface area contributed by atoms with Crippen molar-refractivity contribution in [3.63, 3.8) is 0 Å². The van der Waals surface area contributed by atoms with Gasteiger partial charge in [0.2, 0.25) is 5.91 Å². The summed E-state index contributed by atoms with van der Waals surface area (Å²) in [5.41, 5.74) is 4.50. The van der Waals surface area contributed by atoms with Crippen LogP contribution in [0.5, 0.6) is 5.75 Å². The molecule has 1 aliphatic rings. The van der Waals surface area contributed by atoms with Crippen LogP contribution in [0.2, 0.25) is 0 Å². The van der Waals surface area contributed by atoms with Crippen molar-refractivity contribution in [1.82, 2.24) is 4.90 Å². The molecule has 2 aromatic carbocycles. The lowest BCUT2D eigenvalue weighted by molar-refractivity contribution is -0.116. The lowest BCUT2D eigenvalue weighted by Gasteiger charge is -2.35. The molecule has 0 heterocycles. The Morgan fingerprint density at radius 3 is 2.77 bits per heavy atom. The maximum Gasteiger partial charge on any atom is 0.225 e. The quantitative estimate of drug-likeness (QED) is 0.603. The molecule has 0 fully saturated rings. The number of amides is 1. The number of carbonyl (C=O) groups is 1. The summed E-state index contributed by atoms with van der Waals surface area (Å²) in [4.78, 5) is 14.4. The van der Waals surface area contributed by atoms with Crippen LogP contribution in [-0.4, -0.2) is 35.0 Å². The molecule has 0 saturated heterocycles. The first-order valence-electron chi connectivity index (χ1n) is 11.0. The van der Waals surface area contributed by atoms with E-state index in [1.165, 1.54) is 11.1 Å². The van der Waals surface area contributed by atoms with Crippen LogP contribution in [0, 0.1) is 12.3 Å². The molecule has 1 atom stereocenters. The van der Waals surface area contributed by atoms with Gasteiger partial charge in [0, 0.05) is 31.1 Å². The lowest BCUT2D eigenvalue weighted by Crippen LogP contribution is -2.41. The molecule has 3 rings (SSSR count). The molecule has 4 heteroatoms. The van der Waals surface area contributed by atoms with E-state index in [1.54, 1.807) is 6.07 Å². The molecule has 158 valence electrons. The van der Waals surface area contributed by atoms with E-state index in [1.807, 2.05) is 18.2 Å². The first kappa shape index (κ1) is 21.9. The number of fused-ring (bicyclic) bond motifs is 1. The van der Waals surface area contributed by atoms with Crippen LogP contribution < -0.4 is 5.32 Å². The summed E-state index contributed by atoms with van der Waals surface area (Å²) in [6, 6.07) is 14.5. The van der Waals surface area contributed by atoms with Crippen LogP contribution in [0.15, 0.2) is 42.5 Å². The Hall–Kier alpha value is -2.77. The van der Waals surface area contributed by atoms with Gasteiger partial charge < -0.3 is 10.4 Å². The summed E-state index contributed by atoms with van der Waals surface area (Å²) in [5, 5.41) is 13.0. The number of terminal acetylenes is 1.